The number of hydrogen-bond acceptors (Lipinski definition) is 2. The average Bonchev–Trinajstić information content (AvgIpc) is 3.25. The van der Waals surface area contributed by atoms with Gasteiger partial charge in [0.15, 0.2) is 0 Å². The maximum Gasteiger partial charge on any atom is 0.349 e. The van der Waals surface area contributed by atoms with Gasteiger partial charge in [-0.1, -0.05) is 30.3 Å². The van der Waals surface area contributed by atoms with Crippen molar-refractivity contribution < 1.29 is 23.5 Å². The lowest BCUT2D eigenvalue weighted by molar-refractivity contribution is -0.158. The number of alkyl halides is 2. The Morgan fingerprint density at radius 1 is 1.14 bits per heavy atom. The van der Waals surface area contributed by atoms with Crippen LogP contribution in [-0.4, -0.2) is 35.0 Å². The molecule has 0 spiro atoms. The van der Waals surface area contributed by atoms with Crippen molar-refractivity contribution in [3.63, 3.8) is 0 Å². The van der Waals surface area contributed by atoms with Crippen LogP contribution in [0.5, 0.6) is 0 Å². The second-order valence-corrected chi connectivity index (χ2v) is 6.10. The fourth-order valence-corrected chi connectivity index (χ4v) is 3.23. The van der Waals surface area contributed by atoms with E-state index in [4.69, 9.17) is 0 Å². The van der Waals surface area contributed by atoms with Gasteiger partial charge in [0.1, 0.15) is 0 Å². The smallest absolute Gasteiger partial charge is 0.349 e. The van der Waals surface area contributed by atoms with Crippen LogP contribution >= 0.6 is 0 Å². The number of carboxylic acid groups (broad SMARTS) is 1. The first-order chi connectivity index (χ1) is 10.4. The van der Waals surface area contributed by atoms with Crippen LogP contribution in [0.4, 0.5) is 8.78 Å². The van der Waals surface area contributed by atoms with Crippen LogP contribution < -0.4 is 0 Å². The van der Waals surface area contributed by atoms with Crippen molar-refractivity contribution in [1.82, 2.24) is 4.90 Å². The predicted molar refractivity (Wildman–Crippen MR) is 74.3 cm³/mol. The lowest BCUT2D eigenvalue weighted by atomic mass is 9.92. The summed E-state index contributed by atoms with van der Waals surface area (Å²) in [5, 5.41) is 9.25. The second-order valence-electron chi connectivity index (χ2n) is 6.10. The highest BCUT2D eigenvalue weighted by molar-refractivity contribution is 5.86. The van der Waals surface area contributed by atoms with Gasteiger partial charge in [0.25, 0.3) is 5.91 Å². The summed E-state index contributed by atoms with van der Waals surface area (Å²) < 4.78 is 28.7. The number of aliphatic carboxylic acids is 1. The molecule has 0 unspecified atom stereocenters. The van der Waals surface area contributed by atoms with Crippen molar-refractivity contribution in [2.24, 2.45) is 17.8 Å². The van der Waals surface area contributed by atoms with E-state index in [0.717, 1.165) is 17.7 Å². The molecule has 1 amide bonds. The minimum atomic E-state index is -3.62. The van der Waals surface area contributed by atoms with E-state index < -0.39 is 23.7 Å². The molecular formula is C16H17F2NO3. The summed E-state index contributed by atoms with van der Waals surface area (Å²) in [7, 11) is 0. The molecule has 1 aliphatic heterocycles. The molecule has 1 N–H and O–H groups in total. The number of rotatable bonds is 4. The normalized spacial score (nSPS) is 25.3. The highest BCUT2D eigenvalue weighted by Crippen LogP contribution is 2.45. The molecular weight excluding hydrogens is 292 g/mol. The van der Waals surface area contributed by atoms with Crippen molar-refractivity contribution in [1.29, 1.82) is 0 Å². The molecule has 0 radical (unpaired) electrons. The molecule has 22 heavy (non-hydrogen) atoms. The van der Waals surface area contributed by atoms with Gasteiger partial charge in [-0.15, -0.1) is 0 Å². The van der Waals surface area contributed by atoms with Crippen LogP contribution in [-0.2, 0) is 15.5 Å². The van der Waals surface area contributed by atoms with E-state index in [9.17, 15) is 23.5 Å². The summed E-state index contributed by atoms with van der Waals surface area (Å²) in [5.41, 5.74) is -0.359. The van der Waals surface area contributed by atoms with Gasteiger partial charge in [0, 0.05) is 18.7 Å². The van der Waals surface area contributed by atoms with Crippen LogP contribution in [0.15, 0.2) is 30.3 Å². The predicted octanol–water partition coefficient (Wildman–Crippen LogP) is 2.35. The lowest BCUT2D eigenvalue weighted by Gasteiger charge is -2.23. The summed E-state index contributed by atoms with van der Waals surface area (Å²) in [5.74, 6) is -6.61. The molecule has 1 saturated heterocycles. The van der Waals surface area contributed by atoms with E-state index in [0.29, 0.717) is 0 Å². The first-order valence-corrected chi connectivity index (χ1v) is 7.36. The Morgan fingerprint density at radius 2 is 1.77 bits per heavy atom. The molecule has 118 valence electrons. The standard InChI is InChI=1S/C16H17F2NO3/c17-16(18,11-4-2-1-3-5-11)15(22)19-8-12(10-6-7-10)13(9-19)14(20)21/h1-5,10,12-13H,6-9H2,(H,20,21)/t12-,13+/m1/s1. The largest absolute Gasteiger partial charge is 0.481 e. The Bertz CT molecular complexity index is 586. The number of benzene rings is 1. The Balaban J connectivity index is 1.79. The van der Waals surface area contributed by atoms with Crippen molar-refractivity contribution in [2.75, 3.05) is 13.1 Å². The maximum atomic E-state index is 14.3. The van der Waals surface area contributed by atoms with E-state index >= 15 is 0 Å². The van der Waals surface area contributed by atoms with Gasteiger partial charge < -0.3 is 10.0 Å². The summed E-state index contributed by atoms with van der Waals surface area (Å²) in [6, 6.07) is 6.92. The Hall–Kier alpha value is -1.98. The number of hydrogen-bond donors (Lipinski definition) is 1. The van der Waals surface area contributed by atoms with E-state index in [1.165, 1.54) is 24.3 Å². The molecule has 1 aromatic rings. The van der Waals surface area contributed by atoms with Crippen LogP contribution in [0.25, 0.3) is 0 Å². The van der Waals surface area contributed by atoms with E-state index in [-0.39, 0.29) is 30.5 Å². The van der Waals surface area contributed by atoms with Gasteiger partial charge in [-0.05, 0) is 24.7 Å². The molecule has 1 aromatic carbocycles. The first-order valence-electron chi connectivity index (χ1n) is 7.36. The topological polar surface area (TPSA) is 57.6 Å². The third-order valence-corrected chi connectivity index (χ3v) is 4.60. The third kappa shape index (κ3) is 2.58. The molecule has 4 nitrogen and oxygen atoms in total. The van der Waals surface area contributed by atoms with Gasteiger partial charge in [-0.3, -0.25) is 9.59 Å². The van der Waals surface area contributed by atoms with Crippen LogP contribution in [0, 0.1) is 17.8 Å². The van der Waals surface area contributed by atoms with Crippen molar-refractivity contribution in [2.45, 2.75) is 18.8 Å². The average molecular weight is 309 g/mol. The summed E-state index contributed by atoms with van der Waals surface area (Å²) in [6.45, 7) is -0.0132. The number of halogens is 2. The lowest BCUT2D eigenvalue weighted by Crippen LogP contribution is -2.41. The Morgan fingerprint density at radius 3 is 2.32 bits per heavy atom. The highest BCUT2D eigenvalue weighted by Gasteiger charge is 2.52. The Labute approximate surface area is 126 Å². The molecule has 2 aliphatic rings. The fourth-order valence-electron chi connectivity index (χ4n) is 3.23. The van der Waals surface area contributed by atoms with E-state index in [1.54, 1.807) is 6.07 Å². The van der Waals surface area contributed by atoms with Crippen LogP contribution in [0.3, 0.4) is 0 Å². The molecule has 2 fully saturated rings. The summed E-state index contributed by atoms with van der Waals surface area (Å²) in [6.07, 6.45) is 1.84. The van der Waals surface area contributed by atoms with Gasteiger partial charge in [-0.2, -0.15) is 8.78 Å². The number of nitrogens with zero attached hydrogens (tertiary/aromatic N) is 1. The van der Waals surface area contributed by atoms with Gasteiger partial charge in [0.2, 0.25) is 0 Å². The number of carbonyl (C=O) groups is 2. The van der Waals surface area contributed by atoms with Crippen molar-refractivity contribution >= 4 is 11.9 Å². The molecule has 0 aromatic heterocycles. The molecule has 6 heteroatoms. The number of carboxylic acids is 1. The zero-order valence-electron chi connectivity index (χ0n) is 11.9. The van der Waals surface area contributed by atoms with Crippen molar-refractivity contribution in [3.8, 4) is 0 Å². The molecule has 3 rings (SSSR count). The molecule has 1 saturated carbocycles. The van der Waals surface area contributed by atoms with Gasteiger partial charge >= 0.3 is 11.9 Å². The Kier molecular flexibility index (Phi) is 3.62. The highest BCUT2D eigenvalue weighted by atomic mass is 19.3. The minimum absolute atomic E-state index is 0.114. The SMILES string of the molecule is O=C(O)[C@H]1CN(C(=O)C(F)(F)c2ccccc2)C[C@@H]1C1CC1. The molecule has 0 bridgehead atoms. The molecule has 2 atom stereocenters. The second kappa shape index (κ2) is 5.34. The summed E-state index contributed by atoms with van der Waals surface area (Å²) >= 11 is 0. The zero-order valence-corrected chi connectivity index (χ0v) is 11.9. The monoisotopic (exact) mass is 309 g/mol. The first kappa shape index (κ1) is 14.9. The van der Waals surface area contributed by atoms with Crippen LogP contribution in [0.2, 0.25) is 0 Å². The molecule has 1 heterocycles. The van der Waals surface area contributed by atoms with Gasteiger partial charge in [0.05, 0.1) is 5.92 Å². The van der Waals surface area contributed by atoms with E-state index in [2.05, 4.69) is 0 Å². The summed E-state index contributed by atoms with van der Waals surface area (Å²) in [4.78, 5) is 24.5. The quantitative estimate of drug-likeness (QED) is 0.929. The number of likely N-dealkylation sites (tertiary alicyclic amines) is 1. The zero-order chi connectivity index (χ0) is 15.9. The van der Waals surface area contributed by atoms with E-state index in [1.807, 2.05) is 0 Å². The number of amides is 1. The fraction of sp³-hybridized carbons (Fsp3) is 0.500. The number of carbonyl (C=O) groups excluding carboxylic acids is 1. The third-order valence-electron chi connectivity index (χ3n) is 4.60. The minimum Gasteiger partial charge on any atom is -0.481 e. The maximum absolute atomic E-state index is 14.3. The molecule has 1 aliphatic carbocycles. The van der Waals surface area contributed by atoms with Gasteiger partial charge in [-0.25, -0.2) is 0 Å². The van der Waals surface area contributed by atoms with Crippen LogP contribution in [0.1, 0.15) is 18.4 Å². The van der Waals surface area contributed by atoms with Crippen molar-refractivity contribution in [3.05, 3.63) is 35.9 Å².